The molecule has 1 saturated carbocycles. The number of hydrogen-bond donors (Lipinski definition) is 3. The first-order chi connectivity index (χ1) is 10.8. The maximum absolute atomic E-state index is 4.50. The monoisotopic (exact) mass is 301 g/mol. The summed E-state index contributed by atoms with van der Waals surface area (Å²) in [7, 11) is 0. The maximum Gasteiger partial charge on any atom is 0.132 e. The Morgan fingerprint density at radius 3 is 2.73 bits per heavy atom. The van der Waals surface area contributed by atoms with Crippen molar-refractivity contribution in [1.82, 2.24) is 20.6 Å². The van der Waals surface area contributed by atoms with Crippen molar-refractivity contribution in [3.63, 3.8) is 0 Å². The lowest BCUT2D eigenvalue weighted by Crippen LogP contribution is -2.43. The minimum atomic E-state index is 0.656. The smallest absolute Gasteiger partial charge is 0.132 e. The molecule has 120 valence electrons. The number of nitrogens with one attached hydrogen (secondary N) is 3. The minimum absolute atomic E-state index is 0.656. The standard InChI is InChI=1S/C17H27N5/c1-4-17(6-9-18-10-7-17)5-2-13(1)20-11-15-14-3-8-19-16(14)22-12-21-15/h12-13,18,20H,1-11H2,(H,19,21,22). The fourth-order valence-corrected chi connectivity index (χ4v) is 4.45. The number of nitrogens with zero attached hydrogens (tertiary/aromatic N) is 2. The third-order valence-electron chi connectivity index (χ3n) is 5.97. The number of fused-ring (bicyclic) bond motifs is 1. The normalized spacial score (nSPS) is 24.2. The van der Waals surface area contributed by atoms with Gasteiger partial charge in [-0.25, -0.2) is 9.97 Å². The summed E-state index contributed by atoms with van der Waals surface area (Å²) in [5.74, 6) is 1.05. The Labute approximate surface area is 132 Å². The number of piperidine rings is 1. The van der Waals surface area contributed by atoms with Crippen LogP contribution < -0.4 is 16.0 Å². The van der Waals surface area contributed by atoms with Gasteiger partial charge in [-0.1, -0.05) is 0 Å². The van der Waals surface area contributed by atoms with Gasteiger partial charge in [0.15, 0.2) is 0 Å². The van der Waals surface area contributed by atoms with Gasteiger partial charge in [0.1, 0.15) is 12.1 Å². The molecule has 0 radical (unpaired) electrons. The number of rotatable bonds is 3. The third-order valence-corrected chi connectivity index (χ3v) is 5.97. The molecule has 3 aliphatic rings. The van der Waals surface area contributed by atoms with Crippen LogP contribution in [0.1, 0.15) is 49.8 Å². The molecule has 3 heterocycles. The zero-order valence-electron chi connectivity index (χ0n) is 13.3. The van der Waals surface area contributed by atoms with Crippen LogP contribution in [0.4, 0.5) is 5.82 Å². The van der Waals surface area contributed by atoms with E-state index >= 15 is 0 Å². The van der Waals surface area contributed by atoms with Gasteiger partial charge < -0.3 is 16.0 Å². The Balaban J connectivity index is 1.31. The van der Waals surface area contributed by atoms with Crippen molar-refractivity contribution in [3.05, 3.63) is 17.6 Å². The highest BCUT2D eigenvalue weighted by atomic mass is 15.0. The fourth-order valence-electron chi connectivity index (χ4n) is 4.45. The molecule has 1 aliphatic carbocycles. The van der Waals surface area contributed by atoms with Gasteiger partial charge in [-0.15, -0.1) is 0 Å². The molecule has 2 aliphatic heterocycles. The molecule has 3 N–H and O–H groups in total. The lowest BCUT2D eigenvalue weighted by molar-refractivity contribution is 0.115. The van der Waals surface area contributed by atoms with Gasteiger partial charge in [-0.2, -0.15) is 0 Å². The van der Waals surface area contributed by atoms with Gasteiger partial charge in [-0.05, 0) is 63.5 Å². The van der Waals surface area contributed by atoms with Gasteiger partial charge in [0.05, 0.1) is 5.69 Å². The molecule has 0 amide bonds. The van der Waals surface area contributed by atoms with Crippen molar-refractivity contribution in [1.29, 1.82) is 0 Å². The summed E-state index contributed by atoms with van der Waals surface area (Å²) in [4.78, 5) is 8.81. The number of aromatic nitrogens is 2. The van der Waals surface area contributed by atoms with E-state index in [1.54, 1.807) is 6.33 Å². The van der Waals surface area contributed by atoms with Crippen LogP contribution in [-0.2, 0) is 13.0 Å². The van der Waals surface area contributed by atoms with Crippen LogP contribution in [0, 0.1) is 5.41 Å². The quantitative estimate of drug-likeness (QED) is 0.795. The van der Waals surface area contributed by atoms with E-state index in [9.17, 15) is 0 Å². The Morgan fingerprint density at radius 1 is 1.09 bits per heavy atom. The van der Waals surface area contributed by atoms with Crippen molar-refractivity contribution < 1.29 is 0 Å². The van der Waals surface area contributed by atoms with Gasteiger partial charge in [0, 0.05) is 24.7 Å². The summed E-state index contributed by atoms with van der Waals surface area (Å²) in [5.41, 5.74) is 3.17. The van der Waals surface area contributed by atoms with Crippen LogP contribution >= 0.6 is 0 Å². The molecule has 0 unspecified atom stereocenters. The molecule has 4 rings (SSSR count). The second kappa shape index (κ2) is 6.13. The summed E-state index contributed by atoms with van der Waals surface area (Å²) in [6.45, 7) is 4.34. The van der Waals surface area contributed by atoms with E-state index in [2.05, 4.69) is 25.9 Å². The highest BCUT2D eigenvalue weighted by Gasteiger charge is 2.36. The van der Waals surface area contributed by atoms with Crippen LogP contribution in [0.5, 0.6) is 0 Å². The van der Waals surface area contributed by atoms with Crippen LogP contribution in [0.25, 0.3) is 0 Å². The largest absolute Gasteiger partial charge is 0.369 e. The summed E-state index contributed by atoms with van der Waals surface area (Å²) in [6.07, 6.45) is 11.0. The Kier molecular flexibility index (Phi) is 4.01. The maximum atomic E-state index is 4.50. The first kappa shape index (κ1) is 14.4. The molecule has 5 heteroatoms. The summed E-state index contributed by atoms with van der Waals surface area (Å²) in [6, 6.07) is 0.667. The van der Waals surface area contributed by atoms with Crippen molar-refractivity contribution >= 4 is 5.82 Å². The molecule has 22 heavy (non-hydrogen) atoms. The van der Waals surface area contributed by atoms with Gasteiger partial charge in [0.25, 0.3) is 0 Å². The first-order valence-corrected chi connectivity index (χ1v) is 8.85. The lowest BCUT2D eigenvalue weighted by atomic mass is 9.67. The van der Waals surface area contributed by atoms with Crippen molar-refractivity contribution in [2.75, 3.05) is 25.0 Å². The average Bonchev–Trinajstić information content (AvgIpc) is 3.04. The zero-order chi connectivity index (χ0) is 14.8. The van der Waals surface area contributed by atoms with Crippen LogP contribution in [0.2, 0.25) is 0 Å². The van der Waals surface area contributed by atoms with E-state index in [-0.39, 0.29) is 0 Å². The minimum Gasteiger partial charge on any atom is -0.369 e. The Bertz CT molecular complexity index is 514. The van der Waals surface area contributed by atoms with Crippen molar-refractivity contribution in [2.45, 2.75) is 57.5 Å². The van der Waals surface area contributed by atoms with Crippen molar-refractivity contribution in [2.24, 2.45) is 5.41 Å². The molecule has 5 nitrogen and oxygen atoms in total. The molecular weight excluding hydrogens is 274 g/mol. The molecule has 0 atom stereocenters. The van der Waals surface area contributed by atoms with E-state index in [0.29, 0.717) is 11.5 Å². The second-order valence-electron chi connectivity index (χ2n) is 7.23. The Morgan fingerprint density at radius 2 is 1.91 bits per heavy atom. The third kappa shape index (κ3) is 2.84. The van der Waals surface area contributed by atoms with E-state index in [0.717, 1.165) is 25.3 Å². The van der Waals surface area contributed by atoms with E-state index < -0.39 is 0 Å². The predicted octanol–water partition coefficient (Wildman–Crippen LogP) is 1.85. The summed E-state index contributed by atoms with van der Waals surface area (Å²) >= 11 is 0. The predicted molar refractivity (Wildman–Crippen MR) is 87.9 cm³/mol. The van der Waals surface area contributed by atoms with Gasteiger partial charge >= 0.3 is 0 Å². The fraction of sp³-hybridized carbons (Fsp3) is 0.765. The molecular formula is C17H27N5. The topological polar surface area (TPSA) is 61.9 Å². The van der Waals surface area contributed by atoms with E-state index in [1.165, 1.54) is 62.9 Å². The molecule has 1 aromatic heterocycles. The molecule has 2 fully saturated rings. The van der Waals surface area contributed by atoms with Gasteiger partial charge in [-0.3, -0.25) is 0 Å². The summed E-state index contributed by atoms with van der Waals surface area (Å²) in [5, 5.41) is 10.6. The summed E-state index contributed by atoms with van der Waals surface area (Å²) < 4.78 is 0. The molecule has 1 spiro atoms. The van der Waals surface area contributed by atoms with Gasteiger partial charge in [0.2, 0.25) is 0 Å². The van der Waals surface area contributed by atoms with Crippen LogP contribution in [0.3, 0.4) is 0 Å². The van der Waals surface area contributed by atoms with E-state index in [4.69, 9.17) is 0 Å². The van der Waals surface area contributed by atoms with Crippen LogP contribution in [0.15, 0.2) is 6.33 Å². The SMILES string of the molecule is c1nc(CNC2CCC3(CCNCC3)CC2)c2c(n1)NCC2. The zero-order valence-corrected chi connectivity index (χ0v) is 13.3. The molecule has 1 saturated heterocycles. The van der Waals surface area contributed by atoms with E-state index in [1.807, 2.05) is 0 Å². The molecule has 0 bridgehead atoms. The molecule has 0 aromatic carbocycles. The number of hydrogen-bond acceptors (Lipinski definition) is 5. The average molecular weight is 301 g/mol. The highest BCUT2D eigenvalue weighted by molar-refractivity contribution is 5.50. The van der Waals surface area contributed by atoms with Crippen molar-refractivity contribution in [3.8, 4) is 0 Å². The van der Waals surface area contributed by atoms with Crippen LogP contribution in [-0.4, -0.2) is 35.6 Å². The first-order valence-electron chi connectivity index (χ1n) is 8.85. The Hall–Kier alpha value is -1.20. The lowest BCUT2D eigenvalue weighted by Gasteiger charge is -2.43. The molecule has 1 aromatic rings. The highest BCUT2D eigenvalue weighted by Crippen LogP contribution is 2.43. The number of anilines is 1. The second-order valence-corrected chi connectivity index (χ2v) is 7.23.